The van der Waals surface area contributed by atoms with Gasteiger partial charge in [0, 0.05) is 35.1 Å². The topological polar surface area (TPSA) is 74.6 Å². The van der Waals surface area contributed by atoms with Gasteiger partial charge in [-0.3, -0.25) is 9.59 Å². The molecule has 0 unspecified atom stereocenters. The summed E-state index contributed by atoms with van der Waals surface area (Å²) >= 11 is 0. The summed E-state index contributed by atoms with van der Waals surface area (Å²) in [5, 5.41) is 7.21. The van der Waals surface area contributed by atoms with Gasteiger partial charge in [0.15, 0.2) is 5.76 Å². The van der Waals surface area contributed by atoms with Crippen LogP contribution in [0.25, 0.3) is 22.1 Å². The summed E-state index contributed by atoms with van der Waals surface area (Å²) in [6, 6.07) is 15.8. The van der Waals surface area contributed by atoms with Crippen LogP contribution in [0.4, 0.5) is 5.69 Å². The van der Waals surface area contributed by atoms with E-state index in [0.29, 0.717) is 17.3 Å². The van der Waals surface area contributed by atoms with Crippen molar-refractivity contribution in [3.8, 4) is 11.1 Å². The standard InChI is InChI=1S/C28H31N3O3/c32-27(19-5-1-2-6-19)29-22-9-3-7-20(15-22)23-10-4-8-21-16-25(34-26(21)23)28(33)30-24-17-31-13-11-18(24)12-14-31/h3-4,7-10,15-16,18-19,24H,1-2,5-6,11-14,17H2,(H,29,32)(H,30,33)/t24-/m0/s1. The lowest BCUT2D eigenvalue weighted by Crippen LogP contribution is -2.57. The fraction of sp³-hybridized carbons (Fsp3) is 0.429. The number of para-hydroxylation sites is 1. The predicted octanol–water partition coefficient (Wildman–Crippen LogP) is 5.05. The molecule has 6 heteroatoms. The molecule has 4 heterocycles. The summed E-state index contributed by atoms with van der Waals surface area (Å²) in [5.74, 6) is 1.01. The van der Waals surface area contributed by atoms with E-state index in [1.54, 1.807) is 0 Å². The second-order valence-corrected chi connectivity index (χ2v) is 10.1. The van der Waals surface area contributed by atoms with E-state index in [-0.39, 0.29) is 23.8 Å². The number of fused-ring (bicyclic) bond motifs is 4. The third-order valence-corrected chi connectivity index (χ3v) is 7.91. The van der Waals surface area contributed by atoms with Crippen molar-refractivity contribution in [3.63, 3.8) is 0 Å². The van der Waals surface area contributed by atoms with E-state index in [2.05, 4.69) is 15.5 Å². The van der Waals surface area contributed by atoms with Gasteiger partial charge in [-0.2, -0.15) is 0 Å². The first-order valence-electron chi connectivity index (χ1n) is 12.6. The van der Waals surface area contributed by atoms with E-state index in [1.165, 1.54) is 0 Å². The molecule has 2 N–H and O–H groups in total. The number of piperidine rings is 3. The average Bonchev–Trinajstić information content (AvgIpc) is 3.55. The number of rotatable bonds is 5. The number of carbonyl (C=O) groups is 2. The quantitative estimate of drug-likeness (QED) is 0.562. The number of nitrogens with zero attached hydrogens (tertiary/aromatic N) is 1. The summed E-state index contributed by atoms with van der Waals surface area (Å²) in [7, 11) is 0. The molecule has 7 rings (SSSR count). The minimum atomic E-state index is -0.140. The summed E-state index contributed by atoms with van der Waals surface area (Å²) in [6.07, 6.45) is 6.53. The zero-order chi connectivity index (χ0) is 23.1. The zero-order valence-electron chi connectivity index (χ0n) is 19.4. The smallest absolute Gasteiger partial charge is 0.287 e. The molecule has 2 amide bonds. The van der Waals surface area contributed by atoms with Gasteiger partial charge in [-0.25, -0.2) is 0 Å². The molecule has 2 aromatic carbocycles. The second-order valence-electron chi connectivity index (χ2n) is 10.1. The monoisotopic (exact) mass is 457 g/mol. The summed E-state index contributed by atoms with van der Waals surface area (Å²) in [5.41, 5.74) is 3.35. The Morgan fingerprint density at radius 2 is 1.74 bits per heavy atom. The highest BCUT2D eigenvalue weighted by atomic mass is 16.3. The van der Waals surface area contributed by atoms with Crippen LogP contribution >= 0.6 is 0 Å². The molecule has 3 saturated heterocycles. The van der Waals surface area contributed by atoms with E-state index in [4.69, 9.17) is 4.42 Å². The van der Waals surface area contributed by atoms with E-state index in [0.717, 1.165) is 80.4 Å². The summed E-state index contributed by atoms with van der Waals surface area (Å²) < 4.78 is 6.13. The number of nitrogens with one attached hydrogen (secondary N) is 2. The van der Waals surface area contributed by atoms with Crippen molar-refractivity contribution in [1.29, 1.82) is 0 Å². The molecule has 1 aromatic heterocycles. The number of furan rings is 1. The Morgan fingerprint density at radius 3 is 2.50 bits per heavy atom. The molecule has 1 saturated carbocycles. The van der Waals surface area contributed by atoms with Crippen LogP contribution in [0.1, 0.15) is 49.1 Å². The van der Waals surface area contributed by atoms with E-state index in [1.807, 2.05) is 48.5 Å². The summed E-state index contributed by atoms with van der Waals surface area (Å²) in [6.45, 7) is 3.22. The molecule has 176 valence electrons. The molecule has 4 aliphatic rings. The molecule has 6 nitrogen and oxygen atoms in total. The van der Waals surface area contributed by atoms with Crippen molar-refractivity contribution in [2.24, 2.45) is 11.8 Å². The fourth-order valence-electron chi connectivity index (χ4n) is 5.97. The molecule has 4 fully saturated rings. The minimum Gasteiger partial charge on any atom is -0.450 e. The molecular weight excluding hydrogens is 426 g/mol. The molecule has 2 bridgehead atoms. The van der Waals surface area contributed by atoms with Gasteiger partial charge in [-0.15, -0.1) is 0 Å². The zero-order valence-corrected chi connectivity index (χ0v) is 19.4. The Bertz CT molecular complexity index is 1220. The first-order chi connectivity index (χ1) is 16.6. The molecule has 1 aliphatic carbocycles. The highest BCUT2D eigenvalue weighted by Crippen LogP contribution is 2.33. The first kappa shape index (κ1) is 21.4. The van der Waals surface area contributed by atoms with Crippen LogP contribution in [-0.2, 0) is 4.79 Å². The van der Waals surface area contributed by atoms with E-state index < -0.39 is 0 Å². The van der Waals surface area contributed by atoms with Gasteiger partial charge in [0.1, 0.15) is 5.58 Å². The highest BCUT2D eigenvalue weighted by Gasteiger charge is 2.35. The second kappa shape index (κ2) is 8.91. The minimum absolute atomic E-state index is 0.109. The van der Waals surface area contributed by atoms with Crippen LogP contribution < -0.4 is 10.6 Å². The largest absolute Gasteiger partial charge is 0.450 e. The number of benzene rings is 2. The van der Waals surface area contributed by atoms with Gasteiger partial charge in [0.2, 0.25) is 5.91 Å². The Hall–Kier alpha value is -3.12. The van der Waals surface area contributed by atoms with Crippen LogP contribution in [-0.4, -0.2) is 42.4 Å². The lowest BCUT2D eigenvalue weighted by atomic mass is 9.84. The van der Waals surface area contributed by atoms with Crippen molar-refractivity contribution >= 4 is 28.5 Å². The van der Waals surface area contributed by atoms with Crippen LogP contribution in [0, 0.1) is 11.8 Å². The number of hydrogen-bond donors (Lipinski definition) is 2. The molecular formula is C28H31N3O3. The predicted molar refractivity (Wildman–Crippen MR) is 133 cm³/mol. The Labute approximate surface area is 199 Å². The maximum Gasteiger partial charge on any atom is 0.287 e. The summed E-state index contributed by atoms with van der Waals surface area (Å²) in [4.78, 5) is 28.1. The van der Waals surface area contributed by atoms with E-state index in [9.17, 15) is 9.59 Å². The fourth-order valence-corrected chi connectivity index (χ4v) is 5.97. The number of hydrogen-bond acceptors (Lipinski definition) is 4. The Morgan fingerprint density at radius 1 is 0.941 bits per heavy atom. The number of anilines is 1. The lowest BCUT2D eigenvalue weighted by molar-refractivity contribution is -0.119. The van der Waals surface area contributed by atoms with Crippen LogP contribution in [0.3, 0.4) is 0 Å². The van der Waals surface area contributed by atoms with Crippen molar-refractivity contribution in [2.75, 3.05) is 25.0 Å². The maximum atomic E-state index is 13.0. The van der Waals surface area contributed by atoms with Gasteiger partial charge in [0.05, 0.1) is 0 Å². The van der Waals surface area contributed by atoms with Gasteiger partial charge >= 0.3 is 0 Å². The molecule has 0 spiro atoms. The third-order valence-electron chi connectivity index (χ3n) is 7.91. The molecule has 1 atom stereocenters. The van der Waals surface area contributed by atoms with Gasteiger partial charge in [0.25, 0.3) is 5.91 Å². The molecule has 34 heavy (non-hydrogen) atoms. The van der Waals surface area contributed by atoms with Gasteiger partial charge in [-0.1, -0.05) is 43.2 Å². The van der Waals surface area contributed by atoms with Crippen LogP contribution in [0.15, 0.2) is 52.9 Å². The molecule has 0 radical (unpaired) electrons. The number of amides is 2. The maximum absolute atomic E-state index is 13.0. The van der Waals surface area contributed by atoms with Crippen LogP contribution in [0.5, 0.6) is 0 Å². The highest BCUT2D eigenvalue weighted by molar-refractivity contribution is 6.01. The Balaban J connectivity index is 1.23. The molecule has 3 aromatic rings. The van der Waals surface area contributed by atoms with Gasteiger partial charge in [-0.05, 0) is 68.5 Å². The van der Waals surface area contributed by atoms with E-state index >= 15 is 0 Å². The third kappa shape index (κ3) is 4.11. The van der Waals surface area contributed by atoms with Crippen molar-refractivity contribution in [1.82, 2.24) is 10.2 Å². The SMILES string of the molecule is O=C(N[C@H]1CN2CCC1CC2)c1cc2cccc(-c3cccc(NC(=O)C4CCCC4)c3)c2o1. The first-order valence-corrected chi connectivity index (χ1v) is 12.6. The average molecular weight is 458 g/mol. The van der Waals surface area contributed by atoms with Crippen LogP contribution in [0.2, 0.25) is 0 Å². The van der Waals surface area contributed by atoms with Crippen molar-refractivity contribution < 1.29 is 14.0 Å². The van der Waals surface area contributed by atoms with Crippen molar-refractivity contribution in [3.05, 3.63) is 54.3 Å². The van der Waals surface area contributed by atoms with Gasteiger partial charge < -0.3 is 20.0 Å². The normalized spacial score (nSPS) is 24.4. The lowest BCUT2D eigenvalue weighted by Gasteiger charge is -2.44. The Kier molecular flexibility index (Phi) is 5.61. The number of carbonyl (C=O) groups excluding carboxylic acids is 2. The molecule has 3 aliphatic heterocycles. The van der Waals surface area contributed by atoms with Crippen molar-refractivity contribution in [2.45, 2.75) is 44.6 Å².